The zero-order valence-electron chi connectivity index (χ0n) is 27.9. The summed E-state index contributed by atoms with van der Waals surface area (Å²) in [4.78, 5) is 26.5. The first-order valence-electron chi connectivity index (χ1n) is 14.3. The maximum Gasteiger partial charge on any atom is 1.00 e. The summed E-state index contributed by atoms with van der Waals surface area (Å²) < 4.78 is 31.6. The minimum absolute atomic E-state index is 0. The van der Waals surface area contributed by atoms with E-state index in [1.807, 2.05) is 0 Å². The van der Waals surface area contributed by atoms with E-state index in [2.05, 4.69) is 36.0 Å². The van der Waals surface area contributed by atoms with Crippen LogP contribution in [-0.4, -0.2) is 36.3 Å². The van der Waals surface area contributed by atoms with Crippen LogP contribution in [0, 0.1) is 6.92 Å². The summed E-state index contributed by atoms with van der Waals surface area (Å²) in [6.07, 6.45) is 3.52. The molecule has 252 valence electrons. The van der Waals surface area contributed by atoms with Crippen molar-refractivity contribution in [3.8, 4) is 0 Å². The number of hydrazone groups is 1. The Morgan fingerprint density at radius 1 is 0.788 bits per heavy atom. The van der Waals surface area contributed by atoms with Crippen molar-refractivity contribution in [2.24, 2.45) is 30.6 Å². The molecule has 4 aromatic rings. The number of nitrogen functional groups attached to an aromatic ring is 2. The summed E-state index contributed by atoms with van der Waals surface area (Å²) in [5.41, 5.74) is 18.2. The van der Waals surface area contributed by atoms with Gasteiger partial charge in [-0.3, -0.25) is 19.8 Å². The van der Waals surface area contributed by atoms with Gasteiger partial charge in [0.05, 0.1) is 50.7 Å². The molecule has 0 aliphatic heterocycles. The van der Waals surface area contributed by atoms with Crippen molar-refractivity contribution < 1.29 is 91.9 Å². The molecule has 0 amide bonds. The zero-order valence-corrected chi connectivity index (χ0v) is 32.7. The third kappa shape index (κ3) is 10.6. The minimum atomic E-state index is -4.34. The van der Waals surface area contributed by atoms with Gasteiger partial charge < -0.3 is 26.5 Å². The number of carboxylic acids is 1. The van der Waals surface area contributed by atoms with Crippen LogP contribution in [0.2, 0.25) is 0 Å². The Balaban J connectivity index is 0.00000364. The fourth-order valence-electron chi connectivity index (χ4n) is 4.25. The van der Waals surface area contributed by atoms with Gasteiger partial charge in [-0.05, 0) is 109 Å². The normalized spacial score (nSPS) is 13.9. The monoisotopic (exact) mass is 737 g/mol. The van der Waals surface area contributed by atoms with Crippen LogP contribution in [0.5, 0.6) is 0 Å². The van der Waals surface area contributed by atoms with Gasteiger partial charge >= 0.3 is 59.1 Å². The maximum absolute atomic E-state index is 12.7. The molecule has 0 saturated carbocycles. The van der Waals surface area contributed by atoms with Crippen LogP contribution in [0.25, 0.3) is 0 Å². The first-order valence-corrected chi connectivity index (χ1v) is 15.8. The predicted octanol–water partition coefficient (Wildman–Crippen LogP) is -1.73. The fraction of sp³-hybridized carbons (Fsp3) is 0.0303. The number of anilines is 3. The molecule has 4 aromatic carbocycles. The number of azo groups is 2. The zero-order chi connectivity index (χ0) is 36.0. The quantitative estimate of drug-likeness (QED) is 0.0164. The average Bonchev–Trinajstić information content (AvgIpc) is 3.09. The molecule has 0 saturated heterocycles. The van der Waals surface area contributed by atoms with Crippen molar-refractivity contribution in [1.29, 1.82) is 0 Å². The second-order valence-electron chi connectivity index (χ2n) is 10.5. The number of nitrogens with zero attached hydrogens (tertiary/aromatic N) is 6. The molecule has 1 aliphatic rings. The third-order valence-electron chi connectivity index (χ3n) is 6.95. The number of carbonyl (C=O) groups excluding carboxylic acids is 2. The molecule has 0 radical (unpaired) electrons. The number of hydrogen-bond donors (Lipinski definition) is 4. The van der Waals surface area contributed by atoms with Crippen molar-refractivity contribution in [1.82, 2.24) is 0 Å². The van der Waals surface area contributed by atoms with Gasteiger partial charge in [0.2, 0.25) is 0 Å². The van der Waals surface area contributed by atoms with E-state index < -0.39 is 33.3 Å². The van der Waals surface area contributed by atoms with E-state index >= 15 is 0 Å². The molecule has 0 aromatic heterocycles. The van der Waals surface area contributed by atoms with Crippen LogP contribution < -0.4 is 86.2 Å². The number of aliphatic carboxylic acids is 1. The largest absolute Gasteiger partial charge is 1.00 e. The van der Waals surface area contributed by atoms with E-state index in [4.69, 9.17) is 16.0 Å². The summed E-state index contributed by atoms with van der Waals surface area (Å²) in [5.74, 6) is -2.79. The molecule has 0 heterocycles. The van der Waals surface area contributed by atoms with Crippen molar-refractivity contribution in [2.75, 3.05) is 16.9 Å². The minimum Gasteiger partial charge on any atom is -0.858 e. The van der Waals surface area contributed by atoms with Gasteiger partial charge in [-0.15, -0.1) is 10.2 Å². The Morgan fingerprint density at radius 2 is 1.37 bits per heavy atom. The number of aliphatic imine (C=N–C) groups is 1. The summed E-state index contributed by atoms with van der Waals surface area (Å²) in [6, 6.07) is 19.3. The van der Waals surface area contributed by atoms with Gasteiger partial charge in [-0.1, -0.05) is 12.1 Å². The molecule has 1 aliphatic carbocycles. The number of benzene rings is 4. The summed E-state index contributed by atoms with van der Waals surface area (Å²) >= 11 is 0. The van der Waals surface area contributed by atoms with Crippen LogP contribution >= 0.6 is 0 Å². The van der Waals surface area contributed by atoms with Crippen LogP contribution in [-0.2, 0) is 19.7 Å². The number of aryl methyl sites for hydroxylation is 1. The molecule has 19 heteroatoms. The topological polar surface area (TPSA) is 273 Å². The van der Waals surface area contributed by atoms with E-state index in [1.165, 1.54) is 42.5 Å². The smallest absolute Gasteiger partial charge is 0.858 e. The van der Waals surface area contributed by atoms with Gasteiger partial charge in [-0.25, -0.2) is 0 Å². The van der Waals surface area contributed by atoms with Gasteiger partial charge in [0.15, 0.2) is 5.78 Å². The molecule has 0 atom stereocenters. The first kappa shape index (κ1) is 41.6. The van der Waals surface area contributed by atoms with E-state index in [0.29, 0.717) is 33.9 Å². The van der Waals surface area contributed by atoms with E-state index in [0.717, 1.165) is 12.2 Å². The number of hydrogen-bond acceptors (Lipinski definition) is 15. The number of ketones is 1. The van der Waals surface area contributed by atoms with Crippen molar-refractivity contribution in [3.05, 3.63) is 114 Å². The molecule has 0 spiro atoms. The average molecular weight is 738 g/mol. The molecule has 0 unspecified atom stereocenters. The Hall–Kier alpha value is -4.85. The molecular weight excluding hydrogens is 712 g/mol. The standard InChI is InChI=1S/C33H27N9O7S.2Na/c1-18-16-27(41-38-23-10-13-25(14-11-23)50(47,48)49)30(35)31(29(18)34)42-39-22-8-6-20(7-9-22)36-32(44)19-2-4-21(5-3-19)37-40-24-12-15-28(43)26(17-24)33(45)46;;/h2-17,37H,34-35H2,1H3,(H,36,44)(H,45,46)(H,47,48,49);;/q;2*+1/p-2/b40-24-,41-38?,42-39?;;. The van der Waals surface area contributed by atoms with Gasteiger partial charge in [-0.2, -0.15) is 23.7 Å². The van der Waals surface area contributed by atoms with Crippen LogP contribution in [0.15, 0.2) is 138 Å². The Morgan fingerprint density at radius 3 is 1.96 bits per heavy atom. The second kappa shape index (κ2) is 18.1. The number of carbonyl (C=O) groups is 2. The summed E-state index contributed by atoms with van der Waals surface area (Å²) in [7, 11) is -4.34. The second-order valence-corrected chi connectivity index (χ2v) is 11.9. The van der Waals surface area contributed by atoms with Gasteiger partial charge in [0, 0.05) is 5.57 Å². The van der Waals surface area contributed by atoms with Crippen LogP contribution in [0.1, 0.15) is 11.1 Å². The Bertz CT molecular complexity index is 2290. The van der Waals surface area contributed by atoms with Crippen molar-refractivity contribution in [2.45, 2.75) is 11.8 Å². The van der Waals surface area contributed by atoms with Gasteiger partial charge in [0.25, 0.3) is 10.1 Å². The summed E-state index contributed by atoms with van der Waals surface area (Å²) in [5, 5.41) is 44.4. The number of carboxylic acid groups (broad SMARTS) is 1. The van der Waals surface area contributed by atoms with Crippen LogP contribution in [0.3, 0.4) is 0 Å². The van der Waals surface area contributed by atoms with Crippen LogP contribution in [0.4, 0.5) is 45.5 Å². The molecular formula is C33H25N9Na2O7S. The van der Waals surface area contributed by atoms with E-state index in [9.17, 15) is 28.2 Å². The third-order valence-corrected chi connectivity index (χ3v) is 7.81. The first-order chi connectivity index (χ1) is 23.8. The fourth-order valence-corrected chi connectivity index (χ4v) is 4.73. The molecule has 16 nitrogen and oxygen atoms in total. The molecule has 6 N–H and O–H groups in total. The van der Waals surface area contributed by atoms with E-state index in [1.54, 1.807) is 49.4 Å². The number of rotatable bonds is 10. The van der Waals surface area contributed by atoms with Gasteiger partial charge in [0.1, 0.15) is 11.4 Å². The Kier molecular flexibility index (Phi) is 14.4. The summed E-state index contributed by atoms with van der Waals surface area (Å²) in [6.45, 7) is 1.73. The SMILES string of the molecule is Cc1cc(N=Nc2ccc(S(=O)(=O)O)cc2)c(N)c(N=Nc2ccc(N=C([O-])c3ccc(N/N=C4/C=CC(=O)C(C(=O)[O-])=C4)cc3)cc2)c1N.[Na+].[Na+]. The molecule has 0 bridgehead atoms. The predicted molar refractivity (Wildman–Crippen MR) is 182 cm³/mol. The molecule has 0 fully saturated rings. The van der Waals surface area contributed by atoms with Crippen molar-refractivity contribution >= 4 is 79.0 Å². The number of nitrogens with one attached hydrogen (secondary N) is 1. The number of allylic oxidation sites excluding steroid dienone is 3. The van der Waals surface area contributed by atoms with E-state index in [-0.39, 0.29) is 92.5 Å². The maximum atomic E-state index is 12.7. The Labute approximate surface area is 341 Å². The molecule has 52 heavy (non-hydrogen) atoms. The molecule has 5 rings (SSSR count). The number of nitrogens with two attached hydrogens (primary N) is 2. The van der Waals surface area contributed by atoms with Crippen molar-refractivity contribution in [3.63, 3.8) is 0 Å².